The molecule has 0 bridgehead atoms. The van der Waals surface area contributed by atoms with E-state index in [1.807, 2.05) is 44.2 Å². The highest BCUT2D eigenvalue weighted by molar-refractivity contribution is 7.89. The maximum atomic E-state index is 13.6. The predicted molar refractivity (Wildman–Crippen MR) is 151 cm³/mol. The number of hydrogen-bond donors (Lipinski definition) is 2. The topological polar surface area (TPSA) is 133 Å². The van der Waals surface area contributed by atoms with Gasteiger partial charge in [-0.25, -0.2) is 21.1 Å². The zero-order chi connectivity index (χ0) is 29.4. The van der Waals surface area contributed by atoms with Gasteiger partial charge in [-0.15, -0.1) is 0 Å². The number of methoxy groups -OCH3 is 1. The van der Waals surface area contributed by atoms with E-state index in [9.17, 15) is 26.7 Å². The molecule has 3 atom stereocenters. The van der Waals surface area contributed by atoms with E-state index >= 15 is 0 Å². The molecule has 0 aliphatic rings. The van der Waals surface area contributed by atoms with Crippen molar-refractivity contribution in [2.45, 2.75) is 44.2 Å². The molecule has 2 aromatic rings. The summed E-state index contributed by atoms with van der Waals surface area (Å²) in [6.07, 6.45) is -1.06. The zero-order valence-electron chi connectivity index (χ0n) is 23.4. The SMILES string of the molecule is COc1ccc(S(=O)(=O)N(CC(C)C)C[C@@H](O)[C@H](Cc2ccccc2)NC(=O)[C@@H](C)CS(=O)(=O)N(C)C)cc1. The molecule has 0 aliphatic heterocycles. The molecule has 12 heteroatoms. The van der Waals surface area contributed by atoms with Gasteiger partial charge in [-0.2, -0.15) is 4.31 Å². The lowest BCUT2D eigenvalue weighted by Gasteiger charge is -2.31. The molecule has 0 saturated heterocycles. The minimum absolute atomic E-state index is 0.0383. The molecule has 10 nitrogen and oxygen atoms in total. The number of ether oxygens (including phenoxy) is 1. The Labute approximate surface area is 233 Å². The molecular formula is C27H41N3O7S2. The van der Waals surface area contributed by atoms with Crippen molar-refractivity contribution in [2.24, 2.45) is 11.8 Å². The molecule has 2 N–H and O–H groups in total. The Morgan fingerprint density at radius 2 is 1.54 bits per heavy atom. The molecule has 2 aromatic carbocycles. The summed E-state index contributed by atoms with van der Waals surface area (Å²) >= 11 is 0. The van der Waals surface area contributed by atoms with Gasteiger partial charge >= 0.3 is 0 Å². The lowest BCUT2D eigenvalue weighted by atomic mass is 10.00. The molecule has 0 radical (unpaired) electrons. The highest BCUT2D eigenvalue weighted by Gasteiger charge is 2.32. The number of aliphatic hydroxyl groups excluding tert-OH is 1. The maximum Gasteiger partial charge on any atom is 0.243 e. The zero-order valence-corrected chi connectivity index (χ0v) is 25.1. The van der Waals surface area contributed by atoms with E-state index < -0.39 is 49.8 Å². The van der Waals surface area contributed by atoms with Crippen molar-refractivity contribution in [1.29, 1.82) is 0 Å². The first-order valence-electron chi connectivity index (χ1n) is 12.7. The van der Waals surface area contributed by atoms with Gasteiger partial charge in [0.05, 0.1) is 35.8 Å². The Bertz CT molecular complexity index is 1270. The average molecular weight is 584 g/mol. The van der Waals surface area contributed by atoms with Crippen LogP contribution in [0.4, 0.5) is 0 Å². The average Bonchev–Trinajstić information content (AvgIpc) is 2.87. The van der Waals surface area contributed by atoms with Crippen LogP contribution in [0.5, 0.6) is 5.75 Å². The normalized spacial score (nSPS) is 14.8. The summed E-state index contributed by atoms with van der Waals surface area (Å²) < 4.78 is 59.1. The van der Waals surface area contributed by atoms with E-state index in [1.54, 1.807) is 12.1 Å². The number of carbonyl (C=O) groups excluding carboxylic acids is 1. The maximum absolute atomic E-state index is 13.6. The second-order valence-corrected chi connectivity index (χ2v) is 14.4. The van der Waals surface area contributed by atoms with Crippen molar-refractivity contribution >= 4 is 26.0 Å². The summed E-state index contributed by atoms with van der Waals surface area (Å²) in [5, 5.41) is 14.1. The van der Waals surface area contributed by atoms with Crippen LogP contribution < -0.4 is 10.1 Å². The third kappa shape index (κ3) is 9.57. The van der Waals surface area contributed by atoms with Gasteiger partial charge in [0.15, 0.2) is 0 Å². The van der Waals surface area contributed by atoms with Crippen LogP contribution in [0.15, 0.2) is 59.5 Å². The monoisotopic (exact) mass is 583 g/mol. The summed E-state index contributed by atoms with van der Waals surface area (Å²) in [6.45, 7) is 5.13. The van der Waals surface area contributed by atoms with Gasteiger partial charge in [0.25, 0.3) is 0 Å². The number of hydrogen-bond acceptors (Lipinski definition) is 7. The molecular weight excluding hydrogens is 542 g/mol. The molecule has 0 spiro atoms. The second kappa shape index (κ2) is 14.2. The van der Waals surface area contributed by atoms with Crippen LogP contribution in [-0.2, 0) is 31.3 Å². The van der Waals surface area contributed by atoms with Crippen LogP contribution in [0.25, 0.3) is 0 Å². The number of carbonyl (C=O) groups is 1. The van der Waals surface area contributed by atoms with Gasteiger partial charge in [0.2, 0.25) is 26.0 Å². The fourth-order valence-corrected chi connectivity index (χ4v) is 6.63. The Kier molecular flexibility index (Phi) is 11.9. The summed E-state index contributed by atoms with van der Waals surface area (Å²) in [4.78, 5) is 13.1. The molecule has 0 fully saturated rings. The molecule has 218 valence electrons. The molecule has 0 aliphatic carbocycles. The van der Waals surface area contributed by atoms with Crippen molar-refractivity contribution in [3.8, 4) is 5.75 Å². The number of amides is 1. The number of nitrogens with zero attached hydrogens (tertiary/aromatic N) is 2. The molecule has 0 heterocycles. The summed E-state index contributed by atoms with van der Waals surface area (Å²) in [6, 6.07) is 14.3. The van der Waals surface area contributed by atoms with Gasteiger partial charge in [-0.05, 0) is 42.2 Å². The van der Waals surface area contributed by atoms with Gasteiger partial charge in [-0.3, -0.25) is 4.79 Å². The van der Waals surface area contributed by atoms with Crippen LogP contribution in [0.3, 0.4) is 0 Å². The molecule has 0 aromatic heterocycles. The molecule has 0 unspecified atom stereocenters. The number of rotatable bonds is 15. The molecule has 0 saturated carbocycles. The van der Waals surface area contributed by atoms with Crippen molar-refractivity contribution in [1.82, 2.24) is 13.9 Å². The minimum atomic E-state index is -3.98. The first kappa shape index (κ1) is 32.7. The fraction of sp³-hybridized carbons (Fsp3) is 0.519. The van der Waals surface area contributed by atoms with E-state index in [0.717, 1.165) is 9.87 Å². The number of aliphatic hydroxyl groups is 1. The van der Waals surface area contributed by atoms with E-state index in [2.05, 4.69) is 5.32 Å². The van der Waals surface area contributed by atoms with Crippen molar-refractivity contribution < 1.29 is 31.5 Å². The smallest absolute Gasteiger partial charge is 0.243 e. The van der Waals surface area contributed by atoms with Gasteiger partial charge in [0.1, 0.15) is 5.75 Å². The fourth-order valence-electron chi connectivity index (χ4n) is 3.93. The summed E-state index contributed by atoms with van der Waals surface area (Å²) in [5.74, 6) is -1.36. The predicted octanol–water partition coefficient (Wildman–Crippen LogP) is 1.96. The lowest BCUT2D eigenvalue weighted by molar-refractivity contribution is -0.125. The highest BCUT2D eigenvalue weighted by atomic mass is 32.2. The van der Waals surface area contributed by atoms with Crippen molar-refractivity contribution in [3.05, 3.63) is 60.2 Å². The largest absolute Gasteiger partial charge is 0.497 e. The standard InChI is InChI=1S/C27H41N3O7S2/c1-20(2)17-30(39(35,36)24-14-12-23(37-6)13-15-24)18-26(31)25(16-22-10-8-7-9-11-22)28-27(32)21(3)19-38(33,34)29(4)5/h7-15,20-21,25-26,31H,16-19H2,1-6H3,(H,28,32)/t21-,25-,26+/m0/s1. The van der Waals surface area contributed by atoms with Crippen LogP contribution in [0.1, 0.15) is 26.3 Å². The quantitative estimate of drug-likeness (QED) is 0.327. The van der Waals surface area contributed by atoms with E-state index in [-0.39, 0.29) is 30.3 Å². The van der Waals surface area contributed by atoms with Crippen LogP contribution in [0.2, 0.25) is 0 Å². The van der Waals surface area contributed by atoms with Crippen LogP contribution >= 0.6 is 0 Å². The molecule has 1 amide bonds. The van der Waals surface area contributed by atoms with Gasteiger partial charge in [0, 0.05) is 27.2 Å². The minimum Gasteiger partial charge on any atom is -0.497 e. The van der Waals surface area contributed by atoms with Crippen LogP contribution in [-0.4, -0.2) is 88.7 Å². The van der Waals surface area contributed by atoms with Gasteiger partial charge in [-0.1, -0.05) is 51.1 Å². The van der Waals surface area contributed by atoms with Gasteiger partial charge < -0.3 is 15.2 Å². The third-order valence-electron chi connectivity index (χ3n) is 6.21. The molecule has 39 heavy (non-hydrogen) atoms. The van der Waals surface area contributed by atoms with Crippen molar-refractivity contribution in [3.63, 3.8) is 0 Å². The number of sulfonamides is 2. The first-order valence-corrected chi connectivity index (χ1v) is 15.8. The third-order valence-corrected chi connectivity index (χ3v) is 10.1. The molecule has 2 rings (SSSR count). The Morgan fingerprint density at radius 1 is 0.949 bits per heavy atom. The summed E-state index contributed by atoms with van der Waals surface area (Å²) in [5.41, 5.74) is 0.823. The second-order valence-electron chi connectivity index (χ2n) is 10.2. The van der Waals surface area contributed by atoms with Crippen LogP contribution in [0, 0.1) is 11.8 Å². The summed E-state index contributed by atoms with van der Waals surface area (Å²) in [7, 11) is -3.33. The van der Waals surface area contributed by atoms with E-state index in [0.29, 0.717) is 5.75 Å². The number of nitrogens with one attached hydrogen (secondary N) is 1. The Hall–Kier alpha value is -2.51. The van der Waals surface area contributed by atoms with Crippen molar-refractivity contribution in [2.75, 3.05) is 40.0 Å². The van der Waals surface area contributed by atoms with E-state index in [1.165, 1.54) is 44.6 Å². The van der Waals surface area contributed by atoms with E-state index in [4.69, 9.17) is 4.74 Å². The highest BCUT2D eigenvalue weighted by Crippen LogP contribution is 2.22. The Morgan fingerprint density at radius 3 is 2.05 bits per heavy atom. The number of benzene rings is 2. The first-order chi connectivity index (χ1) is 18.2. The Balaban J connectivity index is 2.33. The lowest BCUT2D eigenvalue weighted by Crippen LogP contribution is -2.52.